The number of hydrogen-bond acceptors (Lipinski definition) is 0. The minimum absolute atomic E-state index is 0.123. The van der Waals surface area contributed by atoms with Crippen LogP contribution in [0, 0.1) is 19.4 Å². The summed E-state index contributed by atoms with van der Waals surface area (Å²) >= 11 is -0.469. The topological polar surface area (TPSA) is 0 Å². The molecule has 0 aliphatic rings. The fourth-order valence-electron chi connectivity index (χ4n) is 0.770. The summed E-state index contributed by atoms with van der Waals surface area (Å²) in [6.45, 7) is 0. The first kappa shape index (κ1) is 21.2. The summed E-state index contributed by atoms with van der Waals surface area (Å²) in [6.07, 6.45) is 0. The van der Waals surface area contributed by atoms with Crippen molar-refractivity contribution < 1.29 is 49.7 Å². The average molecular weight is 502 g/mol. The van der Waals surface area contributed by atoms with E-state index in [1.165, 1.54) is 0 Å². The van der Waals surface area contributed by atoms with E-state index in [0.717, 1.165) is 0 Å². The van der Waals surface area contributed by atoms with Gasteiger partial charge in [-0.05, 0) is 0 Å². The van der Waals surface area contributed by atoms with Crippen LogP contribution in [0.3, 0.4) is 0 Å². The van der Waals surface area contributed by atoms with E-state index in [-0.39, 0.29) is 30.3 Å². The number of rotatable bonds is 0. The molecule has 18 heavy (non-hydrogen) atoms. The van der Waals surface area contributed by atoms with E-state index in [0.29, 0.717) is 0 Å². The van der Waals surface area contributed by atoms with Crippen LogP contribution < -0.4 is 0 Å². The van der Waals surface area contributed by atoms with Gasteiger partial charge in [0.1, 0.15) is 0 Å². The third kappa shape index (κ3) is 25.6. The zero-order chi connectivity index (χ0) is 13.9. The Morgan fingerprint density at radius 1 is 0.500 bits per heavy atom. The summed E-state index contributed by atoms with van der Waals surface area (Å²) in [7, 11) is 18.3. The molecule has 6 heteroatoms. The molecule has 2 aromatic rings. The van der Waals surface area contributed by atoms with Crippen LogP contribution in [-0.2, 0) is 30.3 Å². The van der Waals surface area contributed by atoms with E-state index >= 15 is 0 Å². The first-order valence-electron chi connectivity index (χ1n) is 4.56. The van der Waals surface area contributed by atoms with Crippen LogP contribution in [-0.4, -0.2) is 0 Å². The quantitative estimate of drug-likeness (QED) is 0.474. The molecule has 2 aromatic carbocycles. The smallest absolute Gasteiger partial charge is 0.0623 e. The molecule has 0 saturated heterocycles. The van der Waals surface area contributed by atoms with Gasteiger partial charge in [0.05, 0.1) is 0 Å². The third-order valence-electron chi connectivity index (χ3n) is 1.33. The Labute approximate surface area is 140 Å². The molecular formula is C12H14Cl4Ru2. The van der Waals surface area contributed by atoms with Gasteiger partial charge in [-0.3, -0.25) is 0 Å². The molecule has 2 rings (SSSR count). The molecule has 0 amide bonds. The first-order valence-corrected chi connectivity index (χ1v) is 13.9. The van der Waals surface area contributed by atoms with Crippen molar-refractivity contribution in [2.45, 2.75) is 0 Å². The van der Waals surface area contributed by atoms with Gasteiger partial charge in [0.15, 0.2) is 0 Å². The van der Waals surface area contributed by atoms with E-state index < -0.39 is 0 Å². The Morgan fingerprint density at radius 2 is 0.556 bits per heavy atom. The molecule has 0 radical (unpaired) electrons. The van der Waals surface area contributed by atoms with Crippen molar-refractivity contribution in [1.29, 1.82) is 0 Å². The second-order valence-electron chi connectivity index (χ2n) is 2.42. The second kappa shape index (κ2) is 23.0. The maximum atomic E-state index is 4.85. The molecule has 0 aliphatic carbocycles. The van der Waals surface area contributed by atoms with E-state index in [2.05, 4.69) is 19.4 Å². The van der Waals surface area contributed by atoms with Gasteiger partial charge >= 0.3 is 69.1 Å². The normalized spacial score (nSPS) is 7.78. The van der Waals surface area contributed by atoms with Gasteiger partial charge in [0.25, 0.3) is 0 Å². The van der Waals surface area contributed by atoms with Crippen LogP contribution in [0.1, 0.15) is 0 Å². The molecule has 0 saturated carbocycles. The van der Waals surface area contributed by atoms with Crippen LogP contribution >= 0.6 is 19.4 Å². The average Bonchev–Trinajstić information content (AvgIpc) is 2.45. The minimum atomic E-state index is -0.346. The summed E-state index contributed by atoms with van der Waals surface area (Å²) in [6, 6.07) is 24.0. The van der Waals surface area contributed by atoms with Gasteiger partial charge in [0.2, 0.25) is 0 Å². The molecule has 0 nitrogen and oxygen atoms in total. The van der Waals surface area contributed by atoms with Crippen molar-refractivity contribution >= 4 is 19.4 Å². The number of benzene rings is 2. The molecule has 0 aliphatic heterocycles. The van der Waals surface area contributed by atoms with Crippen molar-refractivity contribution in [2.24, 2.45) is 0 Å². The maximum Gasteiger partial charge on any atom is -0.0623 e. The summed E-state index contributed by atoms with van der Waals surface area (Å²) in [5.41, 5.74) is 0. The monoisotopic (exact) mass is 502 g/mol. The van der Waals surface area contributed by atoms with Crippen molar-refractivity contribution in [1.82, 2.24) is 0 Å². The van der Waals surface area contributed by atoms with Crippen LogP contribution in [0.25, 0.3) is 0 Å². The predicted octanol–water partition coefficient (Wildman–Crippen LogP) is 4.21. The van der Waals surface area contributed by atoms with E-state index in [1.54, 1.807) is 0 Å². The molecule has 106 valence electrons. The van der Waals surface area contributed by atoms with E-state index in [4.69, 9.17) is 19.4 Å². The molecule has 0 N–H and O–H groups in total. The molecule has 0 fully saturated rings. The van der Waals surface area contributed by atoms with Crippen molar-refractivity contribution in [2.75, 3.05) is 0 Å². The Morgan fingerprint density at radius 3 is 0.611 bits per heavy atom. The largest absolute Gasteiger partial charge is 0.0623 e. The fourth-order valence-corrected chi connectivity index (χ4v) is 0.770. The first-order chi connectivity index (χ1) is 8.83. The number of halogens is 4. The van der Waals surface area contributed by atoms with Crippen LogP contribution in [0.4, 0.5) is 0 Å². The predicted molar refractivity (Wildman–Crippen MR) is 67.4 cm³/mol. The molecule has 0 aromatic heterocycles. The molecule has 0 bridgehead atoms. The SMILES string of the molecule is [ClH+][Ru-][ClH+].[Cl][Ru-][Cl].c1ccccc1.c1ccccc1. The Balaban J connectivity index is 0. The molecule has 0 spiro atoms. The van der Waals surface area contributed by atoms with E-state index in [9.17, 15) is 0 Å². The summed E-state index contributed by atoms with van der Waals surface area (Å²) in [4.78, 5) is 0. The Bertz CT molecular complexity index is 221. The van der Waals surface area contributed by atoms with Gasteiger partial charge < -0.3 is 0 Å². The summed E-state index contributed by atoms with van der Waals surface area (Å²) in [5, 5.41) is 0. The minimum Gasteiger partial charge on any atom is -0.0623 e. The van der Waals surface area contributed by atoms with Gasteiger partial charge in [-0.2, -0.15) is 0 Å². The van der Waals surface area contributed by atoms with Gasteiger partial charge in [0, 0.05) is 0 Å². The summed E-state index contributed by atoms with van der Waals surface area (Å²) in [5.74, 6) is 0. The van der Waals surface area contributed by atoms with Crippen molar-refractivity contribution in [3.8, 4) is 0 Å². The maximum absolute atomic E-state index is 4.85. The van der Waals surface area contributed by atoms with Gasteiger partial charge in [-0.1, -0.05) is 72.8 Å². The van der Waals surface area contributed by atoms with E-state index in [1.807, 2.05) is 72.8 Å². The zero-order valence-electron chi connectivity index (χ0n) is 9.21. The van der Waals surface area contributed by atoms with Crippen LogP contribution in [0.15, 0.2) is 72.8 Å². The Hall–Kier alpha value is 0.847. The van der Waals surface area contributed by atoms with Gasteiger partial charge in [-0.25, -0.2) is 0 Å². The molecular weight excluding hydrogens is 488 g/mol. The molecule has 0 heterocycles. The zero-order valence-corrected chi connectivity index (χ0v) is 15.8. The Kier molecular flexibility index (Phi) is 27.0. The van der Waals surface area contributed by atoms with Crippen LogP contribution in [0.5, 0.6) is 0 Å². The number of hydrogen-bond donors (Lipinski definition) is 0. The summed E-state index contributed by atoms with van der Waals surface area (Å²) < 4.78 is 0. The molecule has 0 atom stereocenters. The second-order valence-corrected chi connectivity index (χ2v) is 8.14. The molecule has 0 unspecified atom stereocenters. The fraction of sp³-hybridized carbons (Fsp3) is 0. The van der Waals surface area contributed by atoms with Crippen molar-refractivity contribution in [3.05, 3.63) is 72.8 Å². The third-order valence-corrected chi connectivity index (χ3v) is 1.33. The van der Waals surface area contributed by atoms with Gasteiger partial charge in [-0.15, -0.1) is 0 Å². The standard InChI is InChI=1S/2C6H6.4ClH.2Ru/c2*1-2-4-6-5-3-1;;;;;;/h2*1-6H;4*1H;;/q;;;;;;2*+1/p-2. The van der Waals surface area contributed by atoms with Crippen molar-refractivity contribution in [3.63, 3.8) is 0 Å². The van der Waals surface area contributed by atoms with Crippen LogP contribution in [0.2, 0.25) is 0 Å².